The van der Waals surface area contributed by atoms with Crippen LogP contribution in [0, 0.1) is 12.7 Å². The van der Waals surface area contributed by atoms with Gasteiger partial charge in [0.05, 0.1) is 23.2 Å². The number of halogens is 1. The Kier molecular flexibility index (Phi) is 5.26. The zero-order valence-corrected chi connectivity index (χ0v) is 20.6. The van der Waals surface area contributed by atoms with Crippen molar-refractivity contribution in [2.24, 2.45) is 0 Å². The molecule has 186 valence electrons. The van der Waals surface area contributed by atoms with E-state index in [0.29, 0.717) is 35.2 Å². The van der Waals surface area contributed by atoms with Gasteiger partial charge in [-0.15, -0.1) is 0 Å². The van der Waals surface area contributed by atoms with Gasteiger partial charge in [0.1, 0.15) is 11.4 Å². The minimum Gasteiger partial charge on any atom is -0.450 e. The first-order valence-electron chi connectivity index (χ1n) is 12.4. The van der Waals surface area contributed by atoms with Crippen LogP contribution in [0.25, 0.3) is 11.0 Å². The molecule has 1 atom stereocenters. The van der Waals surface area contributed by atoms with Crippen molar-refractivity contribution in [2.45, 2.75) is 38.8 Å². The summed E-state index contributed by atoms with van der Waals surface area (Å²) in [5.74, 6) is -1.30. The molecule has 1 unspecified atom stereocenters. The molecule has 2 amide bonds. The molecule has 2 aliphatic rings. The number of anilines is 1. The third-order valence-electron chi connectivity index (χ3n) is 7.38. The Morgan fingerprint density at radius 3 is 2.49 bits per heavy atom. The molecule has 0 saturated carbocycles. The molecule has 6 nitrogen and oxygen atoms in total. The van der Waals surface area contributed by atoms with Crippen molar-refractivity contribution in [3.8, 4) is 0 Å². The maximum absolute atomic E-state index is 14.6. The van der Waals surface area contributed by atoms with Crippen molar-refractivity contribution in [3.05, 3.63) is 111 Å². The molecular formula is C30H25FN2O4. The number of amides is 2. The van der Waals surface area contributed by atoms with E-state index in [-0.39, 0.29) is 35.0 Å². The SMILES string of the molecule is CCCCN1C(=O)c2oc3ccc(C)cc3c(=O)c2C12C(=O)N(Cc1ccc(F)cc1)c1ccccc12. The molecule has 7 heteroatoms. The molecule has 3 aromatic carbocycles. The lowest BCUT2D eigenvalue weighted by Gasteiger charge is -2.34. The van der Waals surface area contributed by atoms with E-state index in [1.807, 2.05) is 38.1 Å². The van der Waals surface area contributed by atoms with Gasteiger partial charge in [0.15, 0.2) is 11.0 Å². The number of hydrogen-bond donors (Lipinski definition) is 0. The third-order valence-corrected chi connectivity index (χ3v) is 7.38. The molecule has 0 N–H and O–H groups in total. The Hall–Kier alpha value is -4.26. The fourth-order valence-corrected chi connectivity index (χ4v) is 5.65. The first-order chi connectivity index (χ1) is 17.9. The number of rotatable bonds is 5. The molecule has 2 aliphatic heterocycles. The van der Waals surface area contributed by atoms with Gasteiger partial charge in [0, 0.05) is 12.1 Å². The Bertz CT molecular complexity index is 1640. The molecular weight excluding hydrogens is 471 g/mol. The van der Waals surface area contributed by atoms with E-state index < -0.39 is 11.4 Å². The summed E-state index contributed by atoms with van der Waals surface area (Å²) >= 11 is 0. The van der Waals surface area contributed by atoms with Gasteiger partial charge in [-0.25, -0.2) is 4.39 Å². The van der Waals surface area contributed by atoms with Crippen LogP contribution in [0.5, 0.6) is 0 Å². The molecule has 0 fully saturated rings. The summed E-state index contributed by atoms with van der Waals surface area (Å²) in [6.45, 7) is 4.34. The Morgan fingerprint density at radius 2 is 1.73 bits per heavy atom. The van der Waals surface area contributed by atoms with Gasteiger partial charge in [-0.3, -0.25) is 14.4 Å². The molecule has 1 spiro atoms. The highest BCUT2D eigenvalue weighted by Crippen LogP contribution is 2.53. The Labute approximate surface area is 212 Å². The molecule has 3 heterocycles. The van der Waals surface area contributed by atoms with E-state index in [4.69, 9.17) is 4.42 Å². The summed E-state index contributed by atoms with van der Waals surface area (Å²) < 4.78 is 19.6. The monoisotopic (exact) mass is 496 g/mol. The lowest BCUT2D eigenvalue weighted by molar-refractivity contribution is -0.126. The second kappa shape index (κ2) is 8.40. The number of carbonyl (C=O) groups excluding carboxylic acids is 2. The van der Waals surface area contributed by atoms with Gasteiger partial charge in [-0.1, -0.05) is 55.3 Å². The number of hydrogen-bond acceptors (Lipinski definition) is 4. The minimum absolute atomic E-state index is 0.0748. The minimum atomic E-state index is -1.63. The maximum Gasteiger partial charge on any atom is 0.291 e. The highest BCUT2D eigenvalue weighted by atomic mass is 19.1. The highest BCUT2D eigenvalue weighted by molar-refractivity contribution is 6.17. The smallest absolute Gasteiger partial charge is 0.291 e. The lowest BCUT2D eigenvalue weighted by atomic mass is 9.83. The standard InChI is InChI=1S/C30H25FN2O4/c1-3-4-15-33-28(35)27-25(26(34)21-16-18(2)9-14-24(21)37-27)30(33)22-7-5-6-8-23(22)32(29(30)36)17-19-10-12-20(31)13-11-19/h5-14,16H,3-4,15,17H2,1-2H3. The van der Waals surface area contributed by atoms with E-state index >= 15 is 0 Å². The van der Waals surface area contributed by atoms with E-state index in [9.17, 15) is 18.8 Å². The number of fused-ring (bicyclic) bond motifs is 5. The van der Waals surface area contributed by atoms with Crippen LogP contribution in [-0.4, -0.2) is 23.3 Å². The first kappa shape index (κ1) is 23.2. The third kappa shape index (κ3) is 3.19. The van der Waals surface area contributed by atoms with Crippen molar-refractivity contribution in [2.75, 3.05) is 11.4 Å². The molecule has 0 aliphatic carbocycles. The summed E-state index contributed by atoms with van der Waals surface area (Å²) in [5.41, 5.74) is 1.18. The van der Waals surface area contributed by atoms with Crippen molar-refractivity contribution >= 4 is 28.5 Å². The zero-order valence-electron chi connectivity index (χ0n) is 20.6. The van der Waals surface area contributed by atoms with E-state index in [1.165, 1.54) is 17.0 Å². The normalized spacial score (nSPS) is 18.2. The number of para-hydroxylation sites is 1. The van der Waals surface area contributed by atoms with E-state index in [1.54, 1.807) is 35.2 Å². The Morgan fingerprint density at radius 1 is 0.973 bits per heavy atom. The number of nitrogens with zero attached hydrogens (tertiary/aromatic N) is 2. The lowest BCUT2D eigenvalue weighted by Crippen LogP contribution is -2.53. The van der Waals surface area contributed by atoms with Crippen molar-refractivity contribution in [3.63, 3.8) is 0 Å². The maximum atomic E-state index is 14.6. The number of unbranched alkanes of at least 4 members (excludes halogenated alkanes) is 1. The van der Waals surface area contributed by atoms with Crippen molar-refractivity contribution in [1.29, 1.82) is 0 Å². The van der Waals surface area contributed by atoms with Crippen molar-refractivity contribution < 1.29 is 18.4 Å². The fourth-order valence-electron chi connectivity index (χ4n) is 5.65. The average Bonchev–Trinajstić information content (AvgIpc) is 3.29. The number of carbonyl (C=O) groups is 2. The van der Waals surface area contributed by atoms with Crippen molar-refractivity contribution in [1.82, 2.24) is 4.90 Å². The van der Waals surface area contributed by atoms with Crippen LogP contribution in [0.3, 0.4) is 0 Å². The molecule has 0 radical (unpaired) electrons. The first-order valence-corrected chi connectivity index (χ1v) is 12.4. The van der Waals surface area contributed by atoms with Crippen LogP contribution in [0.4, 0.5) is 10.1 Å². The molecule has 0 bridgehead atoms. The molecule has 4 aromatic rings. The summed E-state index contributed by atoms with van der Waals surface area (Å²) in [4.78, 5) is 45.6. The summed E-state index contributed by atoms with van der Waals surface area (Å²) in [7, 11) is 0. The van der Waals surface area contributed by atoms with Crippen LogP contribution in [-0.2, 0) is 16.9 Å². The summed E-state index contributed by atoms with van der Waals surface area (Å²) in [6, 6.07) is 18.5. The van der Waals surface area contributed by atoms with Gasteiger partial charge in [0.2, 0.25) is 5.76 Å². The highest BCUT2D eigenvalue weighted by Gasteiger charge is 2.64. The van der Waals surface area contributed by atoms with Crippen LogP contribution >= 0.6 is 0 Å². The predicted molar refractivity (Wildman–Crippen MR) is 138 cm³/mol. The van der Waals surface area contributed by atoms with Gasteiger partial charge < -0.3 is 14.2 Å². The van der Waals surface area contributed by atoms with Crippen LogP contribution in [0.2, 0.25) is 0 Å². The fraction of sp³-hybridized carbons (Fsp3) is 0.233. The molecule has 1 aromatic heterocycles. The van der Waals surface area contributed by atoms with E-state index in [0.717, 1.165) is 17.5 Å². The second-order valence-corrected chi connectivity index (χ2v) is 9.69. The van der Waals surface area contributed by atoms with Crippen LogP contribution < -0.4 is 10.3 Å². The van der Waals surface area contributed by atoms with Gasteiger partial charge in [-0.05, 0) is 49.2 Å². The quantitative estimate of drug-likeness (QED) is 0.377. The van der Waals surface area contributed by atoms with E-state index in [2.05, 4.69) is 0 Å². The molecule has 0 saturated heterocycles. The largest absolute Gasteiger partial charge is 0.450 e. The second-order valence-electron chi connectivity index (χ2n) is 9.69. The van der Waals surface area contributed by atoms with Gasteiger partial charge in [-0.2, -0.15) is 0 Å². The molecule has 37 heavy (non-hydrogen) atoms. The molecule has 6 rings (SSSR count). The topological polar surface area (TPSA) is 70.8 Å². The summed E-state index contributed by atoms with van der Waals surface area (Å²) in [5, 5.41) is 0.338. The number of aryl methyl sites for hydroxylation is 1. The van der Waals surface area contributed by atoms with Crippen LogP contribution in [0.15, 0.2) is 75.9 Å². The van der Waals surface area contributed by atoms with Gasteiger partial charge in [0.25, 0.3) is 11.8 Å². The zero-order chi connectivity index (χ0) is 25.9. The summed E-state index contributed by atoms with van der Waals surface area (Å²) in [6.07, 6.45) is 1.45. The predicted octanol–water partition coefficient (Wildman–Crippen LogP) is 5.29. The Balaban J connectivity index is 1.64. The van der Waals surface area contributed by atoms with Gasteiger partial charge >= 0.3 is 0 Å². The number of benzene rings is 3. The average molecular weight is 497 g/mol. The van der Waals surface area contributed by atoms with Crippen LogP contribution in [0.1, 0.15) is 52.6 Å².